The lowest BCUT2D eigenvalue weighted by molar-refractivity contribution is 1.61. The van der Waals surface area contributed by atoms with Crippen LogP contribution >= 0.6 is 0 Å². The van der Waals surface area contributed by atoms with Crippen LogP contribution in [0.2, 0.25) is 13.1 Å². The fraction of sp³-hybridized carbons (Fsp3) is 0.111. The summed E-state index contributed by atoms with van der Waals surface area (Å²) in [5, 5.41) is 2.48. The number of rotatable bonds is 4. The summed E-state index contributed by atoms with van der Waals surface area (Å²) in [6.45, 7) is 13.3. The molecule has 0 bridgehead atoms. The molecule has 2 rings (SSSR count). The van der Waals surface area contributed by atoms with Crippen LogP contribution in [0.4, 0.5) is 0 Å². The molecule has 0 fully saturated rings. The van der Waals surface area contributed by atoms with Crippen LogP contribution in [0.3, 0.4) is 0 Å². The molecule has 0 heterocycles. The van der Waals surface area contributed by atoms with Gasteiger partial charge in [0.05, 0.1) is 0 Å². The van der Waals surface area contributed by atoms with Crippen molar-refractivity contribution in [1.29, 1.82) is 0 Å². The van der Waals surface area contributed by atoms with Gasteiger partial charge in [-0.05, 0) is 11.1 Å². The largest absolute Gasteiger partial charge is 0.112 e. The number of benzene rings is 2. The Morgan fingerprint density at radius 2 is 1.00 bits per heavy atom. The van der Waals surface area contributed by atoms with Crippen LogP contribution in [0.15, 0.2) is 73.8 Å². The molecule has 19 heavy (non-hydrogen) atoms. The Labute approximate surface area is 117 Å². The second-order valence-corrected chi connectivity index (χ2v) is 9.77. The first-order valence-electron chi connectivity index (χ1n) is 6.53. The topological polar surface area (TPSA) is 0 Å². The third-order valence-electron chi connectivity index (χ3n) is 3.75. The fourth-order valence-corrected chi connectivity index (χ4v) is 4.32. The monoisotopic (exact) mass is 264 g/mol. The van der Waals surface area contributed by atoms with E-state index in [4.69, 9.17) is 0 Å². The van der Waals surface area contributed by atoms with Crippen LogP contribution in [0.1, 0.15) is 11.1 Å². The van der Waals surface area contributed by atoms with E-state index < -0.39 is 8.07 Å². The standard InChI is InChI=1S/C18H20Si/c1-15(17-11-7-5-8-12-17)19(3,4)16(2)18-13-9-6-10-14-18/h5-14H,1-2H2,3-4H3. The summed E-state index contributed by atoms with van der Waals surface area (Å²) in [6.07, 6.45) is 0. The summed E-state index contributed by atoms with van der Waals surface area (Å²) < 4.78 is 0. The molecular weight excluding hydrogens is 244 g/mol. The minimum Gasteiger partial charge on any atom is -0.0988 e. The third-order valence-corrected chi connectivity index (χ3v) is 7.35. The van der Waals surface area contributed by atoms with Crippen molar-refractivity contribution in [3.8, 4) is 0 Å². The molecule has 0 N–H and O–H groups in total. The normalized spacial score (nSPS) is 11.1. The van der Waals surface area contributed by atoms with E-state index in [1.807, 2.05) is 12.1 Å². The lowest BCUT2D eigenvalue weighted by Crippen LogP contribution is -2.29. The van der Waals surface area contributed by atoms with E-state index in [1.165, 1.54) is 21.5 Å². The second-order valence-electron chi connectivity index (χ2n) is 5.31. The summed E-state index contributed by atoms with van der Waals surface area (Å²) in [5.41, 5.74) is 2.47. The molecule has 1 heteroatoms. The Kier molecular flexibility index (Phi) is 3.86. The molecule has 0 atom stereocenters. The Balaban J connectivity index is 2.33. The van der Waals surface area contributed by atoms with Gasteiger partial charge in [0.1, 0.15) is 8.07 Å². The van der Waals surface area contributed by atoms with Gasteiger partial charge in [0, 0.05) is 0 Å². The van der Waals surface area contributed by atoms with Crippen LogP contribution in [0.5, 0.6) is 0 Å². The van der Waals surface area contributed by atoms with Crippen molar-refractivity contribution >= 4 is 18.5 Å². The molecule has 2 aromatic rings. The molecule has 0 aromatic heterocycles. The highest BCUT2D eigenvalue weighted by Crippen LogP contribution is 2.34. The Hall–Kier alpha value is -1.86. The fourth-order valence-electron chi connectivity index (χ4n) is 2.18. The highest BCUT2D eigenvalue weighted by Gasteiger charge is 2.29. The molecule has 0 aliphatic heterocycles. The summed E-state index contributed by atoms with van der Waals surface area (Å²) in [5.74, 6) is 0. The highest BCUT2D eigenvalue weighted by atomic mass is 28.3. The third kappa shape index (κ3) is 2.77. The van der Waals surface area contributed by atoms with E-state index in [-0.39, 0.29) is 0 Å². The molecule has 0 aliphatic rings. The highest BCUT2D eigenvalue weighted by molar-refractivity contribution is 7.08. The second kappa shape index (κ2) is 5.41. The number of hydrogen-bond donors (Lipinski definition) is 0. The first-order chi connectivity index (χ1) is 9.03. The number of hydrogen-bond acceptors (Lipinski definition) is 0. The molecular formula is C18H20Si. The molecule has 2 aromatic carbocycles. The van der Waals surface area contributed by atoms with Crippen LogP contribution in [0.25, 0.3) is 10.4 Å². The average molecular weight is 264 g/mol. The predicted molar refractivity (Wildman–Crippen MR) is 88.4 cm³/mol. The van der Waals surface area contributed by atoms with Crippen molar-refractivity contribution in [1.82, 2.24) is 0 Å². The van der Waals surface area contributed by atoms with Gasteiger partial charge >= 0.3 is 0 Å². The van der Waals surface area contributed by atoms with Crippen LogP contribution in [-0.4, -0.2) is 8.07 Å². The van der Waals surface area contributed by atoms with E-state index >= 15 is 0 Å². The first kappa shape index (κ1) is 13.6. The van der Waals surface area contributed by atoms with Crippen molar-refractivity contribution in [2.75, 3.05) is 0 Å². The quantitative estimate of drug-likeness (QED) is 0.666. The lowest BCUT2D eigenvalue weighted by atomic mass is 10.2. The lowest BCUT2D eigenvalue weighted by Gasteiger charge is -2.28. The van der Waals surface area contributed by atoms with Gasteiger partial charge in [-0.1, -0.05) is 97.3 Å². The van der Waals surface area contributed by atoms with Gasteiger partial charge in [-0.15, -0.1) is 0 Å². The van der Waals surface area contributed by atoms with Crippen LogP contribution in [-0.2, 0) is 0 Å². The van der Waals surface area contributed by atoms with Crippen molar-refractivity contribution in [3.63, 3.8) is 0 Å². The Morgan fingerprint density at radius 3 is 1.32 bits per heavy atom. The van der Waals surface area contributed by atoms with Crippen LogP contribution in [0, 0.1) is 0 Å². The molecule has 0 saturated heterocycles. The molecule has 0 radical (unpaired) electrons. The van der Waals surface area contributed by atoms with Gasteiger partial charge in [0.2, 0.25) is 0 Å². The molecule has 0 nitrogen and oxygen atoms in total. The van der Waals surface area contributed by atoms with E-state index in [0.717, 1.165) is 0 Å². The molecule has 0 unspecified atom stereocenters. The summed E-state index contributed by atoms with van der Waals surface area (Å²) in [4.78, 5) is 0. The van der Waals surface area contributed by atoms with Crippen molar-refractivity contribution < 1.29 is 0 Å². The first-order valence-corrected chi connectivity index (χ1v) is 9.53. The maximum atomic E-state index is 4.34. The van der Waals surface area contributed by atoms with E-state index in [2.05, 4.69) is 74.8 Å². The maximum Gasteiger partial charge on any atom is 0.112 e. The van der Waals surface area contributed by atoms with Crippen LogP contribution < -0.4 is 0 Å². The van der Waals surface area contributed by atoms with Gasteiger partial charge in [0.15, 0.2) is 0 Å². The van der Waals surface area contributed by atoms with Crippen molar-refractivity contribution in [3.05, 3.63) is 84.9 Å². The molecule has 96 valence electrons. The molecule has 0 aliphatic carbocycles. The smallest absolute Gasteiger partial charge is 0.0988 e. The van der Waals surface area contributed by atoms with Crippen molar-refractivity contribution in [2.24, 2.45) is 0 Å². The summed E-state index contributed by atoms with van der Waals surface area (Å²) in [6, 6.07) is 20.9. The molecule has 0 saturated carbocycles. The maximum absolute atomic E-state index is 4.34. The van der Waals surface area contributed by atoms with Gasteiger partial charge < -0.3 is 0 Å². The zero-order valence-electron chi connectivity index (χ0n) is 11.7. The summed E-state index contributed by atoms with van der Waals surface area (Å²) >= 11 is 0. The SMILES string of the molecule is C=C(c1ccccc1)[Si](C)(C)C(=C)c1ccccc1. The predicted octanol–water partition coefficient (Wildman–Crippen LogP) is 5.20. The van der Waals surface area contributed by atoms with E-state index in [9.17, 15) is 0 Å². The molecule has 0 amide bonds. The minimum atomic E-state index is -1.78. The zero-order valence-corrected chi connectivity index (χ0v) is 12.7. The van der Waals surface area contributed by atoms with Gasteiger partial charge in [0.25, 0.3) is 0 Å². The zero-order chi connectivity index (χ0) is 13.9. The summed E-state index contributed by atoms with van der Waals surface area (Å²) in [7, 11) is -1.78. The van der Waals surface area contributed by atoms with E-state index in [0.29, 0.717) is 0 Å². The van der Waals surface area contributed by atoms with Crippen molar-refractivity contribution in [2.45, 2.75) is 13.1 Å². The minimum absolute atomic E-state index is 1.23. The van der Waals surface area contributed by atoms with Gasteiger partial charge in [-0.3, -0.25) is 0 Å². The Morgan fingerprint density at radius 1 is 0.684 bits per heavy atom. The van der Waals surface area contributed by atoms with Gasteiger partial charge in [-0.2, -0.15) is 0 Å². The average Bonchev–Trinajstić information content (AvgIpc) is 2.47. The van der Waals surface area contributed by atoms with Gasteiger partial charge in [-0.25, -0.2) is 0 Å². The molecule has 0 spiro atoms. The van der Waals surface area contributed by atoms with E-state index in [1.54, 1.807) is 0 Å². The Bertz CT molecular complexity index is 526.